The summed E-state index contributed by atoms with van der Waals surface area (Å²) < 4.78 is 0. The predicted molar refractivity (Wildman–Crippen MR) is 65.1 cm³/mol. The minimum atomic E-state index is 0.874. The molecule has 0 aliphatic heterocycles. The van der Waals surface area contributed by atoms with Crippen LogP contribution in [-0.4, -0.2) is 4.98 Å². The molecule has 0 saturated heterocycles. The van der Waals surface area contributed by atoms with E-state index in [9.17, 15) is 0 Å². The average Bonchev–Trinajstić information content (AvgIpc) is 2.20. The first-order valence-corrected chi connectivity index (χ1v) is 5.15. The lowest BCUT2D eigenvalue weighted by atomic mass is 10.0. The van der Waals surface area contributed by atoms with Crippen molar-refractivity contribution in [1.29, 1.82) is 0 Å². The van der Waals surface area contributed by atoms with Crippen LogP contribution in [0.1, 0.15) is 22.4 Å². The number of pyridine rings is 1. The number of aryl methyl sites for hydroxylation is 3. The van der Waals surface area contributed by atoms with Gasteiger partial charge in [0.15, 0.2) is 0 Å². The van der Waals surface area contributed by atoms with Crippen molar-refractivity contribution in [2.45, 2.75) is 27.7 Å². The number of hydrogen-bond acceptors (Lipinski definition) is 2. The SMILES string of the molecule is Cc1nc2c(C)ccc(C)c2c(N)c1C. The zero-order valence-electron chi connectivity index (χ0n) is 9.68. The quantitative estimate of drug-likeness (QED) is 0.709. The highest BCUT2D eigenvalue weighted by atomic mass is 14.7. The number of fused-ring (bicyclic) bond motifs is 1. The van der Waals surface area contributed by atoms with Crippen LogP contribution in [0.25, 0.3) is 10.9 Å². The second kappa shape index (κ2) is 3.23. The number of aromatic nitrogens is 1. The number of rotatable bonds is 0. The summed E-state index contributed by atoms with van der Waals surface area (Å²) in [5.41, 5.74) is 12.6. The minimum Gasteiger partial charge on any atom is -0.398 e. The van der Waals surface area contributed by atoms with Gasteiger partial charge in [0, 0.05) is 16.8 Å². The van der Waals surface area contributed by atoms with Gasteiger partial charge in [-0.1, -0.05) is 12.1 Å². The Bertz CT molecular complexity index is 542. The first kappa shape index (κ1) is 9.97. The largest absolute Gasteiger partial charge is 0.398 e. The molecule has 1 heterocycles. The topological polar surface area (TPSA) is 38.9 Å². The molecule has 0 aliphatic carbocycles. The molecule has 78 valence electrons. The van der Waals surface area contributed by atoms with Crippen molar-refractivity contribution in [1.82, 2.24) is 4.98 Å². The summed E-state index contributed by atoms with van der Waals surface area (Å²) in [7, 11) is 0. The summed E-state index contributed by atoms with van der Waals surface area (Å²) in [6.45, 7) is 8.18. The first-order chi connectivity index (χ1) is 7.02. The lowest BCUT2D eigenvalue weighted by Crippen LogP contribution is -2.00. The molecule has 0 amide bonds. The van der Waals surface area contributed by atoms with Gasteiger partial charge in [0.05, 0.1) is 5.52 Å². The molecule has 0 radical (unpaired) electrons. The van der Waals surface area contributed by atoms with Crippen molar-refractivity contribution in [2.24, 2.45) is 0 Å². The van der Waals surface area contributed by atoms with Crippen molar-refractivity contribution < 1.29 is 0 Å². The molecule has 0 bridgehead atoms. The number of nitrogens with two attached hydrogens (primary N) is 1. The number of nitrogen functional groups attached to an aromatic ring is 1. The van der Waals surface area contributed by atoms with Crippen LogP contribution in [0.2, 0.25) is 0 Å². The number of benzene rings is 1. The maximum atomic E-state index is 6.15. The van der Waals surface area contributed by atoms with Gasteiger partial charge in [-0.15, -0.1) is 0 Å². The molecule has 0 unspecified atom stereocenters. The fraction of sp³-hybridized carbons (Fsp3) is 0.308. The molecule has 15 heavy (non-hydrogen) atoms. The van der Waals surface area contributed by atoms with Gasteiger partial charge in [-0.05, 0) is 44.4 Å². The average molecular weight is 200 g/mol. The van der Waals surface area contributed by atoms with Gasteiger partial charge in [0.25, 0.3) is 0 Å². The standard InChI is InChI=1S/C13H16N2/c1-7-5-6-8(2)13-11(7)12(14)9(3)10(4)15-13/h5-6H,1-4H3,(H2,14,15). The number of anilines is 1. The smallest absolute Gasteiger partial charge is 0.0757 e. The van der Waals surface area contributed by atoms with Crippen molar-refractivity contribution in [3.63, 3.8) is 0 Å². The highest BCUT2D eigenvalue weighted by Crippen LogP contribution is 2.29. The highest BCUT2D eigenvalue weighted by Gasteiger charge is 2.09. The van der Waals surface area contributed by atoms with Gasteiger partial charge < -0.3 is 5.73 Å². The molecule has 2 nitrogen and oxygen atoms in total. The number of nitrogens with zero attached hydrogens (tertiary/aromatic N) is 1. The van der Waals surface area contributed by atoms with E-state index >= 15 is 0 Å². The maximum absolute atomic E-state index is 6.15. The Balaban J connectivity index is 3.04. The van der Waals surface area contributed by atoms with Gasteiger partial charge in [-0.25, -0.2) is 0 Å². The Hall–Kier alpha value is -1.57. The normalized spacial score (nSPS) is 10.9. The summed E-state index contributed by atoms with van der Waals surface area (Å²) >= 11 is 0. The molecule has 2 rings (SSSR count). The predicted octanol–water partition coefficient (Wildman–Crippen LogP) is 3.05. The molecule has 0 aliphatic rings. The lowest BCUT2D eigenvalue weighted by Gasteiger charge is -2.12. The number of hydrogen-bond donors (Lipinski definition) is 1. The van der Waals surface area contributed by atoms with E-state index < -0.39 is 0 Å². The van der Waals surface area contributed by atoms with E-state index in [1.807, 2.05) is 13.8 Å². The Kier molecular flexibility index (Phi) is 2.14. The van der Waals surface area contributed by atoms with E-state index in [-0.39, 0.29) is 0 Å². The molecule has 1 aromatic carbocycles. The second-order valence-electron chi connectivity index (χ2n) is 4.16. The van der Waals surface area contributed by atoms with E-state index in [0.29, 0.717) is 0 Å². The van der Waals surface area contributed by atoms with Crippen LogP contribution in [0.4, 0.5) is 5.69 Å². The lowest BCUT2D eigenvalue weighted by molar-refractivity contribution is 1.19. The van der Waals surface area contributed by atoms with Crippen LogP contribution in [0.5, 0.6) is 0 Å². The molecule has 1 aromatic heterocycles. The van der Waals surface area contributed by atoms with Crippen molar-refractivity contribution in [3.05, 3.63) is 34.5 Å². The fourth-order valence-corrected chi connectivity index (χ4v) is 1.91. The summed E-state index contributed by atoms with van der Waals surface area (Å²) in [6.07, 6.45) is 0. The first-order valence-electron chi connectivity index (χ1n) is 5.15. The molecule has 0 saturated carbocycles. The zero-order valence-corrected chi connectivity index (χ0v) is 9.68. The van der Waals surface area contributed by atoms with Crippen LogP contribution in [0, 0.1) is 27.7 Å². The Morgan fingerprint density at radius 3 is 2.27 bits per heavy atom. The third kappa shape index (κ3) is 1.37. The highest BCUT2D eigenvalue weighted by molar-refractivity contribution is 5.96. The van der Waals surface area contributed by atoms with Crippen LogP contribution < -0.4 is 5.73 Å². The summed E-state index contributed by atoms with van der Waals surface area (Å²) in [6, 6.07) is 4.20. The van der Waals surface area contributed by atoms with E-state index in [2.05, 4.69) is 31.0 Å². The molecule has 2 aromatic rings. The third-order valence-electron chi connectivity index (χ3n) is 3.08. The molecular formula is C13H16N2. The second-order valence-corrected chi connectivity index (χ2v) is 4.16. The molecule has 2 N–H and O–H groups in total. The van der Waals surface area contributed by atoms with Gasteiger partial charge in [0.2, 0.25) is 0 Å². The molecule has 0 spiro atoms. The molecule has 2 heteroatoms. The Labute approximate surface area is 90.1 Å². The summed E-state index contributed by atoms with van der Waals surface area (Å²) in [5, 5.41) is 1.11. The van der Waals surface area contributed by atoms with Crippen molar-refractivity contribution in [3.8, 4) is 0 Å². The Morgan fingerprint density at radius 1 is 1.00 bits per heavy atom. The molecule has 0 atom stereocenters. The maximum Gasteiger partial charge on any atom is 0.0757 e. The monoisotopic (exact) mass is 200 g/mol. The zero-order chi connectivity index (χ0) is 11.2. The minimum absolute atomic E-state index is 0.874. The van der Waals surface area contributed by atoms with Crippen LogP contribution in [0.15, 0.2) is 12.1 Å². The van der Waals surface area contributed by atoms with E-state index in [0.717, 1.165) is 27.8 Å². The fourth-order valence-electron chi connectivity index (χ4n) is 1.91. The van der Waals surface area contributed by atoms with Gasteiger partial charge in [-0.3, -0.25) is 4.98 Å². The summed E-state index contributed by atoms with van der Waals surface area (Å²) in [5.74, 6) is 0. The van der Waals surface area contributed by atoms with Crippen molar-refractivity contribution in [2.75, 3.05) is 5.73 Å². The van der Waals surface area contributed by atoms with Gasteiger partial charge >= 0.3 is 0 Å². The van der Waals surface area contributed by atoms with E-state index in [1.165, 1.54) is 11.1 Å². The van der Waals surface area contributed by atoms with Gasteiger partial charge in [-0.2, -0.15) is 0 Å². The van der Waals surface area contributed by atoms with Crippen LogP contribution >= 0.6 is 0 Å². The van der Waals surface area contributed by atoms with Crippen molar-refractivity contribution >= 4 is 16.6 Å². The van der Waals surface area contributed by atoms with E-state index in [1.54, 1.807) is 0 Å². The third-order valence-corrected chi connectivity index (χ3v) is 3.08. The van der Waals surface area contributed by atoms with Crippen LogP contribution in [0.3, 0.4) is 0 Å². The molecular weight excluding hydrogens is 184 g/mol. The van der Waals surface area contributed by atoms with Gasteiger partial charge in [0.1, 0.15) is 0 Å². The van der Waals surface area contributed by atoms with E-state index in [4.69, 9.17) is 5.73 Å². The summed E-state index contributed by atoms with van der Waals surface area (Å²) in [4.78, 5) is 4.62. The molecule has 0 fully saturated rings. The Morgan fingerprint density at radius 2 is 1.60 bits per heavy atom. The van der Waals surface area contributed by atoms with Crippen LogP contribution in [-0.2, 0) is 0 Å².